The molecule has 0 radical (unpaired) electrons. The third-order valence-corrected chi connectivity index (χ3v) is 4.70. The molecule has 3 aromatic rings. The van der Waals surface area contributed by atoms with Crippen LogP contribution in [0.25, 0.3) is 11.1 Å². The van der Waals surface area contributed by atoms with Crippen LogP contribution in [0.1, 0.15) is 11.1 Å². The van der Waals surface area contributed by atoms with Gasteiger partial charge in [-0.3, -0.25) is 0 Å². The third kappa shape index (κ3) is 3.52. The SMILES string of the molecule is COc1cc(-c2ccc(N(C)c3ccc(C)cc3)c(OC)c2)ccc1C. The Morgan fingerprint density at radius 1 is 0.692 bits per heavy atom. The van der Waals surface area contributed by atoms with Crippen LogP contribution >= 0.6 is 0 Å². The zero-order chi connectivity index (χ0) is 18.7. The van der Waals surface area contributed by atoms with E-state index in [1.807, 2.05) is 6.92 Å². The molecular formula is C23H25NO2. The van der Waals surface area contributed by atoms with E-state index in [9.17, 15) is 0 Å². The summed E-state index contributed by atoms with van der Waals surface area (Å²) in [6, 6.07) is 21.0. The summed E-state index contributed by atoms with van der Waals surface area (Å²) >= 11 is 0. The first-order valence-corrected chi connectivity index (χ1v) is 8.67. The molecule has 0 saturated heterocycles. The lowest BCUT2D eigenvalue weighted by molar-refractivity contribution is 0.412. The largest absolute Gasteiger partial charge is 0.496 e. The molecule has 0 unspecified atom stereocenters. The van der Waals surface area contributed by atoms with Crippen molar-refractivity contribution in [2.24, 2.45) is 0 Å². The number of hydrogen-bond donors (Lipinski definition) is 0. The van der Waals surface area contributed by atoms with E-state index in [0.717, 1.165) is 39.6 Å². The van der Waals surface area contributed by atoms with Gasteiger partial charge in [0.15, 0.2) is 0 Å². The highest BCUT2D eigenvalue weighted by molar-refractivity contribution is 5.76. The van der Waals surface area contributed by atoms with Gasteiger partial charge < -0.3 is 14.4 Å². The molecule has 0 aliphatic rings. The Bertz CT molecular complexity index is 901. The average Bonchev–Trinajstić information content (AvgIpc) is 2.68. The van der Waals surface area contributed by atoms with E-state index < -0.39 is 0 Å². The third-order valence-electron chi connectivity index (χ3n) is 4.70. The number of ether oxygens (including phenoxy) is 2. The van der Waals surface area contributed by atoms with E-state index in [1.165, 1.54) is 5.56 Å². The topological polar surface area (TPSA) is 21.7 Å². The van der Waals surface area contributed by atoms with Gasteiger partial charge in [-0.1, -0.05) is 35.9 Å². The zero-order valence-electron chi connectivity index (χ0n) is 16.0. The Morgan fingerprint density at radius 3 is 1.88 bits per heavy atom. The van der Waals surface area contributed by atoms with Gasteiger partial charge in [0.25, 0.3) is 0 Å². The minimum atomic E-state index is 0.838. The normalized spacial score (nSPS) is 10.5. The molecule has 3 aromatic carbocycles. The van der Waals surface area contributed by atoms with Crippen molar-refractivity contribution in [2.75, 3.05) is 26.2 Å². The first-order chi connectivity index (χ1) is 12.5. The minimum Gasteiger partial charge on any atom is -0.496 e. The Hall–Kier alpha value is -2.94. The van der Waals surface area contributed by atoms with Crippen molar-refractivity contribution in [3.8, 4) is 22.6 Å². The van der Waals surface area contributed by atoms with Crippen LogP contribution in [0.15, 0.2) is 60.7 Å². The second-order valence-corrected chi connectivity index (χ2v) is 6.47. The Morgan fingerprint density at radius 2 is 1.27 bits per heavy atom. The van der Waals surface area contributed by atoms with Gasteiger partial charge in [-0.2, -0.15) is 0 Å². The number of benzene rings is 3. The standard InChI is InChI=1S/C23H25NO2/c1-16-6-11-20(12-7-16)24(3)21-13-10-19(15-23(21)26-5)18-9-8-17(2)22(14-18)25-4/h6-15H,1-5H3. The summed E-state index contributed by atoms with van der Waals surface area (Å²) in [6.07, 6.45) is 0. The van der Waals surface area contributed by atoms with E-state index >= 15 is 0 Å². The van der Waals surface area contributed by atoms with Crippen LogP contribution in [0.4, 0.5) is 11.4 Å². The molecule has 0 atom stereocenters. The molecule has 0 fully saturated rings. The molecular weight excluding hydrogens is 322 g/mol. The molecule has 134 valence electrons. The first kappa shape index (κ1) is 17.9. The number of methoxy groups -OCH3 is 2. The van der Waals surface area contributed by atoms with Gasteiger partial charge in [-0.05, 0) is 60.9 Å². The van der Waals surface area contributed by atoms with Crippen LogP contribution < -0.4 is 14.4 Å². The van der Waals surface area contributed by atoms with Gasteiger partial charge in [0.05, 0.1) is 19.9 Å². The molecule has 3 rings (SSSR count). The Kier molecular flexibility index (Phi) is 5.17. The summed E-state index contributed by atoms with van der Waals surface area (Å²) in [5.41, 5.74) is 6.73. The van der Waals surface area contributed by atoms with Gasteiger partial charge >= 0.3 is 0 Å². The van der Waals surface area contributed by atoms with Crippen molar-refractivity contribution in [1.82, 2.24) is 0 Å². The number of anilines is 2. The fraction of sp³-hybridized carbons (Fsp3) is 0.217. The Balaban J connectivity index is 1.99. The molecule has 0 aromatic heterocycles. The summed E-state index contributed by atoms with van der Waals surface area (Å²) in [5, 5.41) is 0. The lowest BCUT2D eigenvalue weighted by Gasteiger charge is -2.23. The van der Waals surface area contributed by atoms with Gasteiger partial charge in [0.2, 0.25) is 0 Å². The molecule has 0 aliphatic heterocycles. The minimum absolute atomic E-state index is 0.838. The van der Waals surface area contributed by atoms with E-state index in [4.69, 9.17) is 9.47 Å². The maximum Gasteiger partial charge on any atom is 0.143 e. The second-order valence-electron chi connectivity index (χ2n) is 6.47. The monoisotopic (exact) mass is 347 g/mol. The first-order valence-electron chi connectivity index (χ1n) is 8.67. The smallest absolute Gasteiger partial charge is 0.143 e. The predicted octanol–water partition coefficient (Wildman–Crippen LogP) is 5.76. The average molecular weight is 347 g/mol. The fourth-order valence-corrected chi connectivity index (χ4v) is 3.04. The van der Waals surface area contributed by atoms with Crippen LogP contribution in [0.3, 0.4) is 0 Å². The van der Waals surface area contributed by atoms with Crippen molar-refractivity contribution in [1.29, 1.82) is 0 Å². The van der Waals surface area contributed by atoms with Gasteiger partial charge in [0.1, 0.15) is 11.5 Å². The number of rotatable bonds is 5. The van der Waals surface area contributed by atoms with Crippen molar-refractivity contribution in [3.05, 3.63) is 71.8 Å². The summed E-state index contributed by atoms with van der Waals surface area (Å²) < 4.78 is 11.1. The maximum absolute atomic E-state index is 5.68. The zero-order valence-corrected chi connectivity index (χ0v) is 16.0. The second kappa shape index (κ2) is 7.52. The molecule has 0 spiro atoms. The van der Waals surface area contributed by atoms with E-state index in [1.54, 1.807) is 14.2 Å². The highest BCUT2D eigenvalue weighted by Gasteiger charge is 2.12. The van der Waals surface area contributed by atoms with Crippen LogP contribution in [0.2, 0.25) is 0 Å². The molecule has 26 heavy (non-hydrogen) atoms. The van der Waals surface area contributed by atoms with Gasteiger partial charge in [-0.25, -0.2) is 0 Å². The maximum atomic E-state index is 5.68. The van der Waals surface area contributed by atoms with Crippen molar-refractivity contribution in [3.63, 3.8) is 0 Å². The fourth-order valence-electron chi connectivity index (χ4n) is 3.04. The lowest BCUT2D eigenvalue weighted by Crippen LogP contribution is -2.10. The molecule has 0 bridgehead atoms. The summed E-state index contributed by atoms with van der Waals surface area (Å²) in [6.45, 7) is 4.14. The van der Waals surface area contributed by atoms with E-state index in [2.05, 4.69) is 79.5 Å². The van der Waals surface area contributed by atoms with Crippen molar-refractivity contribution < 1.29 is 9.47 Å². The van der Waals surface area contributed by atoms with Crippen LogP contribution in [-0.2, 0) is 0 Å². The van der Waals surface area contributed by atoms with Crippen LogP contribution in [0.5, 0.6) is 11.5 Å². The summed E-state index contributed by atoms with van der Waals surface area (Å²) in [4.78, 5) is 2.14. The van der Waals surface area contributed by atoms with Crippen LogP contribution in [-0.4, -0.2) is 21.3 Å². The van der Waals surface area contributed by atoms with Gasteiger partial charge in [0, 0.05) is 12.7 Å². The molecule has 0 saturated carbocycles. The van der Waals surface area contributed by atoms with Crippen LogP contribution in [0, 0.1) is 13.8 Å². The number of hydrogen-bond acceptors (Lipinski definition) is 3. The summed E-state index contributed by atoms with van der Waals surface area (Å²) in [7, 11) is 5.46. The van der Waals surface area contributed by atoms with Crippen molar-refractivity contribution in [2.45, 2.75) is 13.8 Å². The molecule has 0 aliphatic carbocycles. The van der Waals surface area contributed by atoms with Crippen molar-refractivity contribution >= 4 is 11.4 Å². The molecule has 3 nitrogen and oxygen atoms in total. The highest BCUT2D eigenvalue weighted by atomic mass is 16.5. The lowest BCUT2D eigenvalue weighted by atomic mass is 10.0. The van der Waals surface area contributed by atoms with Gasteiger partial charge in [-0.15, -0.1) is 0 Å². The van der Waals surface area contributed by atoms with E-state index in [0.29, 0.717) is 0 Å². The molecule has 0 N–H and O–H groups in total. The Labute approximate surface area is 155 Å². The predicted molar refractivity (Wildman–Crippen MR) is 109 cm³/mol. The van der Waals surface area contributed by atoms with E-state index in [-0.39, 0.29) is 0 Å². The highest BCUT2D eigenvalue weighted by Crippen LogP contribution is 2.37. The number of aryl methyl sites for hydroxylation is 2. The summed E-state index contributed by atoms with van der Waals surface area (Å²) in [5.74, 6) is 1.73. The molecule has 0 heterocycles. The quantitative estimate of drug-likeness (QED) is 0.586. The number of nitrogens with zero attached hydrogens (tertiary/aromatic N) is 1. The molecule has 3 heteroatoms. The molecule has 0 amide bonds.